The lowest BCUT2D eigenvalue weighted by molar-refractivity contribution is -0.149. The highest BCUT2D eigenvalue weighted by Crippen LogP contribution is 2.38. The molecule has 1 aliphatic carbocycles. The summed E-state index contributed by atoms with van der Waals surface area (Å²) in [5, 5.41) is 12.0. The Hall–Kier alpha value is -1.10. The number of carboxylic acids is 1. The van der Waals surface area contributed by atoms with Crippen LogP contribution in [0.1, 0.15) is 46.5 Å². The third-order valence-electron chi connectivity index (χ3n) is 3.40. The molecule has 0 aromatic carbocycles. The fourth-order valence-electron chi connectivity index (χ4n) is 2.31. The van der Waals surface area contributed by atoms with Gasteiger partial charge in [0.25, 0.3) is 0 Å². The standard InChI is InChI=1S/C12H22N2O3/c1-11(2,13)7-9(15)14-8-5-4-6-12(8,3)10(16)17/h8H,4-7,13H2,1-3H3,(H,14,15)(H,16,17). The van der Waals surface area contributed by atoms with Gasteiger partial charge in [0, 0.05) is 18.0 Å². The quantitative estimate of drug-likeness (QED) is 0.682. The SMILES string of the molecule is CC(C)(N)CC(=O)NC1CCCC1(C)C(=O)O. The molecule has 0 aliphatic heterocycles. The van der Waals surface area contributed by atoms with Crippen LogP contribution in [0.5, 0.6) is 0 Å². The summed E-state index contributed by atoms with van der Waals surface area (Å²) in [6, 6.07) is -0.283. The average molecular weight is 242 g/mol. The molecular formula is C12H22N2O3. The van der Waals surface area contributed by atoms with Gasteiger partial charge in [-0.05, 0) is 33.6 Å². The van der Waals surface area contributed by atoms with Crippen molar-refractivity contribution in [3.05, 3.63) is 0 Å². The molecule has 98 valence electrons. The minimum absolute atomic E-state index is 0.170. The van der Waals surface area contributed by atoms with E-state index in [0.29, 0.717) is 6.42 Å². The van der Waals surface area contributed by atoms with E-state index in [1.165, 1.54) is 0 Å². The molecular weight excluding hydrogens is 220 g/mol. The van der Waals surface area contributed by atoms with Gasteiger partial charge >= 0.3 is 5.97 Å². The van der Waals surface area contributed by atoms with E-state index in [0.717, 1.165) is 12.8 Å². The fourth-order valence-corrected chi connectivity index (χ4v) is 2.31. The van der Waals surface area contributed by atoms with Gasteiger partial charge in [0.1, 0.15) is 0 Å². The zero-order chi connectivity index (χ0) is 13.3. The third-order valence-corrected chi connectivity index (χ3v) is 3.40. The molecule has 0 spiro atoms. The average Bonchev–Trinajstić information content (AvgIpc) is 2.45. The van der Waals surface area contributed by atoms with Gasteiger partial charge in [0.15, 0.2) is 0 Å². The summed E-state index contributed by atoms with van der Waals surface area (Å²) in [6.07, 6.45) is 2.37. The summed E-state index contributed by atoms with van der Waals surface area (Å²) in [5.41, 5.74) is 4.35. The highest BCUT2D eigenvalue weighted by molar-refractivity contribution is 5.80. The zero-order valence-corrected chi connectivity index (χ0v) is 10.7. The number of nitrogens with one attached hydrogen (secondary N) is 1. The summed E-state index contributed by atoms with van der Waals surface area (Å²) < 4.78 is 0. The number of carboxylic acid groups (broad SMARTS) is 1. The Labute approximate surface area is 102 Å². The van der Waals surface area contributed by atoms with Gasteiger partial charge in [0.05, 0.1) is 5.41 Å². The molecule has 1 fully saturated rings. The van der Waals surface area contributed by atoms with Crippen LogP contribution in [-0.4, -0.2) is 28.6 Å². The lowest BCUT2D eigenvalue weighted by atomic mass is 9.84. The van der Waals surface area contributed by atoms with Gasteiger partial charge in [-0.15, -0.1) is 0 Å². The maximum absolute atomic E-state index is 11.7. The van der Waals surface area contributed by atoms with E-state index in [-0.39, 0.29) is 18.4 Å². The molecule has 0 bridgehead atoms. The van der Waals surface area contributed by atoms with Crippen LogP contribution in [0, 0.1) is 5.41 Å². The Kier molecular flexibility index (Phi) is 3.81. The van der Waals surface area contributed by atoms with E-state index in [1.807, 2.05) is 0 Å². The minimum atomic E-state index is -0.840. The minimum Gasteiger partial charge on any atom is -0.481 e. The molecule has 1 rings (SSSR count). The number of amides is 1. The predicted molar refractivity (Wildman–Crippen MR) is 64.4 cm³/mol. The number of aliphatic carboxylic acids is 1. The fraction of sp³-hybridized carbons (Fsp3) is 0.833. The highest BCUT2D eigenvalue weighted by atomic mass is 16.4. The normalized spacial score (nSPS) is 29.1. The van der Waals surface area contributed by atoms with Crippen LogP contribution >= 0.6 is 0 Å². The number of rotatable bonds is 4. The topological polar surface area (TPSA) is 92.4 Å². The Morgan fingerprint density at radius 1 is 1.53 bits per heavy atom. The number of carbonyl (C=O) groups excluding carboxylic acids is 1. The van der Waals surface area contributed by atoms with Crippen LogP contribution in [0.3, 0.4) is 0 Å². The molecule has 5 heteroatoms. The molecule has 4 N–H and O–H groups in total. The van der Waals surface area contributed by atoms with Crippen LogP contribution in [0.15, 0.2) is 0 Å². The molecule has 0 aromatic heterocycles. The smallest absolute Gasteiger partial charge is 0.311 e. The van der Waals surface area contributed by atoms with Gasteiger partial charge < -0.3 is 16.2 Å². The highest BCUT2D eigenvalue weighted by Gasteiger charge is 2.45. The summed E-state index contributed by atoms with van der Waals surface area (Å²) >= 11 is 0. The lowest BCUT2D eigenvalue weighted by Crippen LogP contribution is -2.49. The van der Waals surface area contributed by atoms with Crippen molar-refractivity contribution in [1.82, 2.24) is 5.32 Å². The predicted octanol–water partition coefficient (Wildman–Crippen LogP) is 0.873. The molecule has 0 heterocycles. The van der Waals surface area contributed by atoms with Crippen molar-refractivity contribution < 1.29 is 14.7 Å². The summed E-state index contributed by atoms with van der Waals surface area (Å²) in [7, 11) is 0. The van der Waals surface area contributed by atoms with E-state index in [4.69, 9.17) is 5.73 Å². The number of nitrogens with two attached hydrogens (primary N) is 1. The van der Waals surface area contributed by atoms with Crippen LogP contribution < -0.4 is 11.1 Å². The van der Waals surface area contributed by atoms with Gasteiger partial charge in [-0.1, -0.05) is 6.42 Å². The lowest BCUT2D eigenvalue weighted by Gasteiger charge is -2.29. The number of hydrogen-bond acceptors (Lipinski definition) is 3. The first-order valence-electron chi connectivity index (χ1n) is 5.97. The second-order valence-corrected chi connectivity index (χ2v) is 5.90. The summed E-state index contributed by atoms with van der Waals surface area (Å²) in [4.78, 5) is 23.0. The second kappa shape index (κ2) is 4.64. The van der Waals surface area contributed by atoms with E-state index in [1.54, 1.807) is 20.8 Å². The maximum Gasteiger partial charge on any atom is 0.311 e. The van der Waals surface area contributed by atoms with Crippen LogP contribution in [0.2, 0.25) is 0 Å². The summed E-state index contributed by atoms with van der Waals surface area (Å²) in [5.74, 6) is -1.01. The zero-order valence-electron chi connectivity index (χ0n) is 10.7. The van der Waals surface area contributed by atoms with Gasteiger partial charge in [-0.2, -0.15) is 0 Å². The molecule has 2 atom stereocenters. The first-order chi connectivity index (χ1) is 7.65. The third kappa shape index (κ3) is 3.43. The number of hydrogen-bond donors (Lipinski definition) is 3. The molecule has 17 heavy (non-hydrogen) atoms. The molecule has 1 aliphatic rings. The van der Waals surface area contributed by atoms with Crippen LogP contribution in [-0.2, 0) is 9.59 Å². The maximum atomic E-state index is 11.7. The van der Waals surface area contributed by atoms with Crippen LogP contribution in [0.25, 0.3) is 0 Å². The Bertz CT molecular complexity index is 322. The first kappa shape index (κ1) is 14.0. The molecule has 0 saturated heterocycles. The van der Waals surface area contributed by atoms with E-state index < -0.39 is 16.9 Å². The molecule has 1 saturated carbocycles. The Balaban J connectivity index is 2.63. The Morgan fingerprint density at radius 3 is 2.59 bits per heavy atom. The van der Waals surface area contributed by atoms with Crippen molar-refractivity contribution in [3.63, 3.8) is 0 Å². The molecule has 0 aromatic rings. The van der Waals surface area contributed by atoms with E-state index >= 15 is 0 Å². The summed E-state index contributed by atoms with van der Waals surface area (Å²) in [6.45, 7) is 5.25. The van der Waals surface area contributed by atoms with E-state index in [2.05, 4.69) is 5.32 Å². The first-order valence-corrected chi connectivity index (χ1v) is 5.97. The monoisotopic (exact) mass is 242 g/mol. The van der Waals surface area contributed by atoms with Crippen molar-refractivity contribution in [1.29, 1.82) is 0 Å². The van der Waals surface area contributed by atoms with Crippen molar-refractivity contribution in [2.24, 2.45) is 11.1 Å². The van der Waals surface area contributed by atoms with Crippen molar-refractivity contribution in [2.45, 2.75) is 58.0 Å². The van der Waals surface area contributed by atoms with Gasteiger partial charge in [-0.25, -0.2) is 0 Å². The van der Waals surface area contributed by atoms with Gasteiger partial charge in [-0.3, -0.25) is 9.59 Å². The van der Waals surface area contributed by atoms with Crippen molar-refractivity contribution in [3.8, 4) is 0 Å². The van der Waals surface area contributed by atoms with Crippen LogP contribution in [0.4, 0.5) is 0 Å². The largest absolute Gasteiger partial charge is 0.481 e. The van der Waals surface area contributed by atoms with Crippen molar-refractivity contribution >= 4 is 11.9 Å². The van der Waals surface area contributed by atoms with E-state index in [9.17, 15) is 14.7 Å². The number of carbonyl (C=O) groups is 2. The molecule has 5 nitrogen and oxygen atoms in total. The molecule has 0 radical (unpaired) electrons. The van der Waals surface area contributed by atoms with Crippen molar-refractivity contribution in [2.75, 3.05) is 0 Å². The molecule has 2 unspecified atom stereocenters. The molecule has 1 amide bonds. The second-order valence-electron chi connectivity index (χ2n) is 5.90. The van der Waals surface area contributed by atoms with Gasteiger partial charge in [0.2, 0.25) is 5.91 Å². The Morgan fingerprint density at radius 2 is 2.12 bits per heavy atom.